The van der Waals surface area contributed by atoms with Gasteiger partial charge in [-0.25, -0.2) is 4.79 Å². The number of urea groups is 1. The van der Waals surface area contributed by atoms with Gasteiger partial charge in [-0.1, -0.05) is 12.5 Å². The molecule has 3 saturated heterocycles. The number of rotatable bonds is 7. The van der Waals surface area contributed by atoms with Gasteiger partial charge in [0.1, 0.15) is 0 Å². The Morgan fingerprint density at radius 2 is 1.76 bits per heavy atom. The summed E-state index contributed by atoms with van der Waals surface area (Å²) < 4.78 is 10.9. The summed E-state index contributed by atoms with van der Waals surface area (Å²) in [6.45, 7) is 3.31. The number of nitrogens with zero attached hydrogens (tertiary/aromatic N) is 3. The van der Waals surface area contributed by atoms with E-state index in [4.69, 9.17) is 9.47 Å². The average molecular weight is 478 g/mol. The predicted molar refractivity (Wildman–Crippen MR) is 128 cm³/mol. The van der Waals surface area contributed by atoms with E-state index in [1.165, 1.54) is 24.2 Å². The minimum absolute atomic E-state index is 0.135. The monoisotopic (exact) mass is 477 g/mol. The fourth-order valence-electron chi connectivity index (χ4n) is 4.92. The van der Waals surface area contributed by atoms with Crippen LogP contribution in [0, 0.1) is 5.92 Å². The topological polar surface area (TPSA) is 86.4 Å². The SMILES string of the molecule is COc1ccc(C2NC(SCCN3CCCCC3)C3C(=O)N(C)C(=O)N(C)C3N2)cc1OC. The molecule has 0 saturated carbocycles. The Bertz CT molecular complexity index is 865. The molecule has 4 unspecified atom stereocenters. The molecule has 3 heterocycles. The van der Waals surface area contributed by atoms with Crippen molar-refractivity contribution in [1.82, 2.24) is 25.3 Å². The number of fused-ring (bicyclic) bond motifs is 1. The molecule has 1 aromatic carbocycles. The van der Waals surface area contributed by atoms with Gasteiger partial charge in [0, 0.05) is 26.4 Å². The van der Waals surface area contributed by atoms with Gasteiger partial charge in [0.05, 0.1) is 37.8 Å². The smallest absolute Gasteiger partial charge is 0.327 e. The van der Waals surface area contributed by atoms with Crippen molar-refractivity contribution in [3.63, 3.8) is 0 Å². The van der Waals surface area contributed by atoms with E-state index in [0.29, 0.717) is 11.5 Å². The van der Waals surface area contributed by atoms with Crippen LogP contribution in [0.4, 0.5) is 4.79 Å². The maximum absolute atomic E-state index is 13.2. The highest BCUT2D eigenvalue weighted by molar-refractivity contribution is 7.99. The second kappa shape index (κ2) is 10.5. The Kier molecular flexibility index (Phi) is 7.68. The molecule has 2 N–H and O–H groups in total. The standard InChI is InChI=1S/C23H35N5O4S/c1-26-20-18(22(29)27(2)23(26)30)21(33-13-12-28-10-6-5-7-11-28)25-19(24-20)15-8-9-16(31-3)17(14-15)32-4/h8-9,14,18-21,24-25H,5-7,10-13H2,1-4H3. The summed E-state index contributed by atoms with van der Waals surface area (Å²) >= 11 is 1.77. The van der Waals surface area contributed by atoms with E-state index in [1.54, 1.807) is 45.0 Å². The van der Waals surface area contributed by atoms with Crippen molar-refractivity contribution in [1.29, 1.82) is 0 Å². The summed E-state index contributed by atoms with van der Waals surface area (Å²) in [6.07, 6.45) is 3.20. The van der Waals surface area contributed by atoms with Gasteiger partial charge in [-0.05, 0) is 43.6 Å². The summed E-state index contributed by atoms with van der Waals surface area (Å²) in [6, 6.07) is 5.48. The number of methoxy groups -OCH3 is 2. The lowest BCUT2D eigenvalue weighted by Gasteiger charge is -2.50. The normalized spacial score (nSPS) is 28.6. The average Bonchev–Trinajstić information content (AvgIpc) is 2.85. The Balaban J connectivity index is 1.55. The number of carbonyl (C=O) groups excluding carboxylic acids is 2. The highest BCUT2D eigenvalue weighted by Crippen LogP contribution is 2.36. The Hall–Kier alpha value is -2.01. The first-order valence-corrected chi connectivity index (χ1v) is 12.6. The molecule has 0 aromatic heterocycles. The summed E-state index contributed by atoms with van der Waals surface area (Å²) in [5, 5.41) is 6.99. The van der Waals surface area contributed by atoms with Gasteiger partial charge in [0.2, 0.25) is 5.91 Å². The third-order valence-corrected chi connectivity index (χ3v) is 8.06. The van der Waals surface area contributed by atoms with Crippen LogP contribution >= 0.6 is 11.8 Å². The molecule has 10 heteroatoms. The van der Waals surface area contributed by atoms with Crippen LogP contribution in [0.3, 0.4) is 0 Å². The first-order valence-electron chi connectivity index (χ1n) is 11.6. The number of hydrogen-bond acceptors (Lipinski definition) is 8. The van der Waals surface area contributed by atoms with E-state index in [1.807, 2.05) is 18.2 Å². The number of ether oxygens (including phenoxy) is 2. The van der Waals surface area contributed by atoms with Crippen LogP contribution in [-0.4, -0.2) is 91.9 Å². The van der Waals surface area contributed by atoms with Gasteiger partial charge in [0.25, 0.3) is 0 Å². The molecule has 3 fully saturated rings. The van der Waals surface area contributed by atoms with Crippen molar-refractivity contribution in [3.05, 3.63) is 23.8 Å². The zero-order chi connectivity index (χ0) is 23.5. The molecule has 4 atom stereocenters. The second-order valence-electron chi connectivity index (χ2n) is 8.84. The summed E-state index contributed by atoms with van der Waals surface area (Å²) in [4.78, 5) is 31.2. The van der Waals surface area contributed by atoms with Crippen LogP contribution < -0.4 is 20.1 Å². The van der Waals surface area contributed by atoms with Crippen LogP contribution in [0.5, 0.6) is 11.5 Å². The van der Waals surface area contributed by atoms with Gasteiger partial charge >= 0.3 is 6.03 Å². The summed E-state index contributed by atoms with van der Waals surface area (Å²) in [5.41, 5.74) is 0.958. The first kappa shape index (κ1) is 24.1. The van der Waals surface area contributed by atoms with E-state index < -0.39 is 6.17 Å². The number of carbonyl (C=O) groups is 2. The molecule has 182 valence electrons. The van der Waals surface area contributed by atoms with Crippen LogP contribution in [0.1, 0.15) is 31.0 Å². The van der Waals surface area contributed by atoms with E-state index in [9.17, 15) is 9.59 Å². The highest BCUT2D eigenvalue weighted by Gasteiger charge is 2.51. The van der Waals surface area contributed by atoms with Crippen molar-refractivity contribution in [2.24, 2.45) is 5.92 Å². The molecule has 33 heavy (non-hydrogen) atoms. The Morgan fingerprint density at radius 3 is 2.45 bits per heavy atom. The molecule has 0 bridgehead atoms. The van der Waals surface area contributed by atoms with Crippen molar-refractivity contribution < 1.29 is 19.1 Å². The van der Waals surface area contributed by atoms with Crippen LogP contribution in [0.2, 0.25) is 0 Å². The van der Waals surface area contributed by atoms with E-state index >= 15 is 0 Å². The molecule has 1 aromatic rings. The van der Waals surface area contributed by atoms with Gasteiger partial charge in [0.15, 0.2) is 11.5 Å². The van der Waals surface area contributed by atoms with Crippen molar-refractivity contribution in [2.75, 3.05) is 53.7 Å². The van der Waals surface area contributed by atoms with Crippen molar-refractivity contribution in [2.45, 2.75) is 37.0 Å². The molecule has 3 aliphatic heterocycles. The molecule has 9 nitrogen and oxygen atoms in total. The third kappa shape index (κ3) is 4.94. The number of thioether (sulfide) groups is 1. The Labute approximate surface area is 200 Å². The maximum atomic E-state index is 13.2. The van der Waals surface area contributed by atoms with Crippen molar-refractivity contribution in [3.8, 4) is 11.5 Å². The number of amides is 3. The van der Waals surface area contributed by atoms with Gasteiger partial charge in [-0.2, -0.15) is 0 Å². The molecular weight excluding hydrogens is 442 g/mol. The third-order valence-electron chi connectivity index (χ3n) is 6.85. The predicted octanol–water partition coefficient (Wildman–Crippen LogP) is 1.91. The number of nitrogens with one attached hydrogen (secondary N) is 2. The van der Waals surface area contributed by atoms with E-state index in [0.717, 1.165) is 31.0 Å². The van der Waals surface area contributed by atoms with Gasteiger partial charge < -0.3 is 19.3 Å². The van der Waals surface area contributed by atoms with E-state index in [2.05, 4.69) is 15.5 Å². The molecule has 3 amide bonds. The lowest BCUT2D eigenvalue weighted by atomic mass is 9.96. The quantitative estimate of drug-likeness (QED) is 0.616. The minimum Gasteiger partial charge on any atom is -0.493 e. The van der Waals surface area contributed by atoms with Crippen molar-refractivity contribution >= 4 is 23.7 Å². The van der Waals surface area contributed by atoms with Gasteiger partial charge in [-0.3, -0.25) is 20.3 Å². The van der Waals surface area contributed by atoms with Gasteiger partial charge in [-0.15, -0.1) is 11.8 Å². The molecule has 0 spiro atoms. The largest absolute Gasteiger partial charge is 0.493 e. The number of hydrogen-bond donors (Lipinski definition) is 2. The fourth-order valence-corrected chi connectivity index (χ4v) is 6.24. The minimum atomic E-state index is -0.395. The Morgan fingerprint density at radius 1 is 1.03 bits per heavy atom. The summed E-state index contributed by atoms with van der Waals surface area (Å²) in [7, 11) is 6.54. The summed E-state index contributed by atoms with van der Waals surface area (Å²) in [5.74, 6) is 1.70. The molecule has 0 radical (unpaired) electrons. The molecular formula is C23H35N5O4S. The molecule has 0 aliphatic carbocycles. The molecule has 4 rings (SSSR count). The lowest BCUT2D eigenvalue weighted by molar-refractivity contribution is -0.140. The lowest BCUT2D eigenvalue weighted by Crippen LogP contribution is -2.72. The van der Waals surface area contributed by atoms with Crippen LogP contribution in [0.15, 0.2) is 18.2 Å². The fraction of sp³-hybridized carbons (Fsp3) is 0.652. The molecule has 3 aliphatic rings. The van der Waals surface area contributed by atoms with E-state index in [-0.39, 0.29) is 29.4 Å². The zero-order valence-corrected chi connectivity index (χ0v) is 20.7. The highest BCUT2D eigenvalue weighted by atomic mass is 32.2. The number of likely N-dealkylation sites (tertiary alicyclic amines) is 1. The maximum Gasteiger partial charge on any atom is 0.327 e. The van der Waals surface area contributed by atoms with Crippen LogP contribution in [0.25, 0.3) is 0 Å². The zero-order valence-electron chi connectivity index (χ0n) is 19.9. The number of piperidine rings is 1. The first-order chi connectivity index (χ1) is 15.9. The van der Waals surface area contributed by atoms with Crippen LogP contribution in [-0.2, 0) is 4.79 Å². The number of benzene rings is 1. The second-order valence-corrected chi connectivity index (χ2v) is 10.1. The number of imide groups is 1.